The lowest BCUT2D eigenvalue weighted by atomic mass is 9.83. The van der Waals surface area contributed by atoms with Crippen molar-refractivity contribution >= 4 is 23.9 Å². The SMILES string of the molecule is C=C1C(=O)O[C@H]2/C=C(/C)CC/C=C(/C(=O)OC)[C@H](OC(=O)[C@]3(C)O[C@@H]3C)[C@H](OC(C)=O)[C@@H]12. The highest BCUT2D eigenvalue weighted by Crippen LogP contribution is 2.41. The quantitative estimate of drug-likeness (QED) is 0.209. The minimum atomic E-state index is -1.36. The van der Waals surface area contributed by atoms with Crippen LogP contribution >= 0.6 is 0 Å². The van der Waals surface area contributed by atoms with Crippen molar-refractivity contribution in [2.75, 3.05) is 7.11 Å². The van der Waals surface area contributed by atoms with E-state index in [4.69, 9.17) is 23.7 Å². The first-order valence-corrected chi connectivity index (χ1v) is 10.4. The molecule has 174 valence electrons. The molecule has 2 fully saturated rings. The van der Waals surface area contributed by atoms with E-state index in [0.29, 0.717) is 12.8 Å². The third-order valence-electron chi connectivity index (χ3n) is 6.07. The van der Waals surface area contributed by atoms with Crippen LogP contribution in [0.15, 0.2) is 35.5 Å². The zero-order chi connectivity index (χ0) is 23.8. The van der Waals surface area contributed by atoms with E-state index in [1.165, 1.54) is 14.0 Å². The number of epoxide rings is 1. The molecule has 9 nitrogen and oxygen atoms in total. The number of hydrogen-bond donors (Lipinski definition) is 0. The van der Waals surface area contributed by atoms with Crippen LogP contribution in [0.1, 0.15) is 40.5 Å². The second-order valence-electron chi connectivity index (χ2n) is 8.39. The van der Waals surface area contributed by atoms with Gasteiger partial charge in [-0.3, -0.25) is 4.79 Å². The van der Waals surface area contributed by atoms with Crippen molar-refractivity contribution in [3.63, 3.8) is 0 Å². The Kier molecular flexibility index (Phi) is 6.59. The fraction of sp³-hybridized carbons (Fsp3) is 0.565. The Balaban J connectivity index is 2.13. The van der Waals surface area contributed by atoms with Crippen LogP contribution in [0.5, 0.6) is 0 Å². The minimum Gasteiger partial charge on any atom is -0.466 e. The number of rotatable bonds is 4. The lowest BCUT2D eigenvalue weighted by Crippen LogP contribution is -2.47. The van der Waals surface area contributed by atoms with Gasteiger partial charge in [-0.2, -0.15) is 0 Å². The first-order valence-electron chi connectivity index (χ1n) is 10.4. The molecule has 3 rings (SSSR count). The molecule has 9 heteroatoms. The smallest absolute Gasteiger partial charge is 0.341 e. The molecule has 0 unspecified atom stereocenters. The van der Waals surface area contributed by atoms with E-state index >= 15 is 0 Å². The zero-order valence-electron chi connectivity index (χ0n) is 18.8. The largest absolute Gasteiger partial charge is 0.466 e. The monoisotopic (exact) mass is 448 g/mol. The van der Waals surface area contributed by atoms with Crippen LogP contribution in [-0.4, -0.2) is 61.0 Å². The average molecular weight is 448 g/mol. The van der Waals surface area contributed by atoms with Crippen molar-refractivity contribution in [2.24, 2.45) is 5.92 Å². The summed E-state index contributed by atoms with van der Waals surface area (Å²) in [5.74, 6) is -3.69. The van der Waals surface area contributed by atoms with Crippen LogP contribution in [0.2, 0.25) is 0 Å². The Labute approximate surface area is 186 Å². The van der Waals surface area contributed by atoms with Crippen molar-refractivity contribution < 1.29 is 42.9 Å². The average Bonchev–Trinajstić information content (AvgIpc) is 3.25. The fourth-order valence-corrected chi connectivity index (χ4v) is 3.98. The van der Waals surface area contributed by atoms with Crippen molar-refractivity contribution in [2.45, 2.75) is 70.6 Å². The van der Waals surface area contributed by atoms with E-state index in [9.17, 15) is 19.2 Å². The number of fused-ring (bicyclic) bond motifs is 1. The molecule has 0 saturated carbocycles. The number of hydrogen-bond acceptors (Lipinski definition) is 9. The van der Waals surface area contributed by atoms with Gasteiger partial charge in [0.15, 0.2) is 17.8 Å². The Morgan fingerprint density at radius 3 is 2.47 bits per heavy atom. The van der Waals surface area contributed by atoms with Crippen molar-refractivity contribution in [3.8, 4) is 0 Å². The number of esters is 4. The molecule has 6 atom stereocenters. The van der Waals surface area contributed by atoms with E-state index in [1.54, 1.807) is 26.0 Å². The highest BCUT2D eigenvalue weighted by atomic mass is 16.7. The van der Waals surface area contributed by atoms with Gasteiger partial charge < -0.3 is 23.7 Å². The molecule has 0 N–H and O–H groups in total. The summed E-state index contributed by atoms with van der Waals surface area (Å²) in [6.45, 7) is 10.1. The third kappa shape index (κ3) is 4.48. The standard InChI is InChI=1S/C23H28O9/c1-11-8-7-9-15(21(26)28-6)18(31-22(27)23(5)13(3)32-23)19(29-14(4)24)17-12(2)20(25)30-16(17)10-11/h9-10,13,16-19H,2,7-8H2,1,3-6H3/b11-10-,15-9+/t13-,16+,17+,18+,19-,23-/m1/s1. The van der Waals surface area contributed by atoms with E-state index in [-0.39, 0.29) is 17.3 Å². The molecule has 2 heterocycles. The number of allylic oxidation sites excluding steroid dienone is 2. The number of carbonyl (C=O) groups is 4. The van der Waals surface area contributed by atoms with Crippen LogP contribution in [-0.2, 0) is 42.9 Å². The Bertz CT molecular complexity index is 914. The molecule has 0 spiro atoms. The molecule has 2 saturated heterocycles. The number of ether oxygens (including phenoxy) is 5. The molecular formula is C23H28O9. The highest BCUT2D eigenvalue weighted by Gasteiger charge is 2.59. The summed E-state index contributed by atoms with van der Waals surface area (Å²) in [5, 5.41) is 0. The van der Waals surface area contributed by atoms with Crippen LogP contribution in [0, 0.1) is 5.92 Å². The molecule has 0 aromatic rings. The van der Waals surface area contributed by atoms with Gasteiger partial charge in [-0.25, -0.2) is 14.4 Å². The Morgan fingerprint density at radius 1 is 1.25 bits per heavy atom. The second-order valence-corrected chi connectivity index (χ2v) is 8.39. The van der Waals surface area contributed by atoms with Crippen molar-refractivity contribution in [1.29, 1.82) is 0 Å². The summed E-state index contributed by atoms with van der Waals surface area (Å²) in [6.07, 6.45) is 0.539. The predicted octanol–water partition coefficient (Wildman–Crippen LogP) is 1.94. The molecule has 0 radical (unpaired) electrons. The normalized spacial score (nSPS) is 37.6. The van der Waals surface area contributed by atoms with Crippen LogP contribution < -0.4 is 0 Å². The van der Waals surface area contributed by atoms with Gasteiger partial charge in [0.05, 0.1) is 24.7 Å². The van der Waals surface area contributed by atoms with Gasteiger partial charge >= 0.3 is 23.9 Å². The van der Waals surface area contributed by atoms with E-state index < -0.39 is 53.7 Å². The summed E-state index contributed by atoms with van der Waals surface area (Å²) in [4.78, 5) is 50.1. The van der Waals surface area contributed by atoms with Gasteiger partial charge in [-0.1, -0.05) is 18.2 Å². The molecule has 0 bridgehead atoms. The van der Waals surface area contributed by atoms with Gasteiger partial charge in [0.1, 0.15) is 6.10 Å². The molecule has 32 heavy (non-hydrogen) atoms. The molecule has 2 aliphatic heterocycles. The van der Waals surface area contributed by atoms with E-state index in [2.05, 4.69) is 6.58 Å². The highest BCUT2D eigenvalue weighted by molar-refractivity contribution is 5.93. The third-order valence-corrected chi connectivity index (χ3v) is 6.07. The van der Waals surface area contributed by atoms with Gasteiger partial charge in [-0.05, 0) is 39.7 Å². The maximum Gasteiger partial charge on any atom is 0.341 e. The summed E-state index contributed by atoms with van der Waals surface area (Å²) < 4.78 is 27.1. The Morgan fingerprint density at radius 2 is 1.91 bits per heavy atom. The maximum absolute atomic E-state index is 12.9. The molecule has 0 amide bonds. The lowest BCUT2D eigenvalue weighted by Gasteiger charge is -2.33. The van der Waals surface area contributed by atoms with Crippen LogP contribution in [0.25, 0.3) is 0 Å². The minimum absolute atomic E-state index is 0.00426. The first-order chi connectivity index (χ1) is 15.0. The maximum atomic E-state index is 12.9. The van der Waals surface area contributed by atoms with Gasteiger partial charge in [0, 0.05) is 12.5 Å². The van der Waals surface area contributed by atoms with Crippen LogP contribution in [0.3, 0.4) is 0 Å². The van der Waals surface area contributed by atoms with Crippen molar-refractivity contribution in [1.82, 2.24) is 0 Å². The topological polar surface area (TPSA) is 118 Å². The molecule has 0 aromatic carbocycles. The van der Waals surface area contributed by atoms with E-state index in [0.717, 1.165) is 5.57 Å². The summed E-state index contributed by atoms with van der Waals surface area (Å²) >= 11 is 0. The first kappa shape index (κ1) is 23.7. The van der Waals surface area contributed by atoms with Crippen molar-refractivity contribution in [3.05, 3.63) is 35.5 Å². The summed E-state index contributed by atoms with van der Waals surface area (Å²) in [5.41, 5.74) is -0.220. The molecule has 0 aromatic heterocycles. The lowest BCUT2D eigenvalue weighted by molar-refractivity contribution is -0.173. The van der Waals surface area contributed by atoms with Crippen LogP contribution in [0.4, 0.5) is 0 Å². The van der Waals surface area contributed by atoms with E-state index in [1.807, 2.05) is 6.92 Å². The van der Waals surface area contributed by atoms with Gasteiger partial charge in [-0.15, -0.1) is 0 Å². The number of carbonyl (C=O) groups excluding carboxylic acids is 4. The molecule has 1 aliphatic carbocycles. The summed E-state index contributed by atoms with van der Waals surface area (Å²) in [6, 6.07) is 0. The predicted molar refractivity (Wildman–Crippen MR) is 110 cm³/mol. The Hall–Kier alpha value is -2.94. The summed E-state index contributed by atoms with van der Waals surface area (Å²) in [7, 11) is 1.20. The molecule has 3 aliphatic rings. The fourth-order valence-electron chi connectivity index (χ4n) is 3.98. The molecular weight excluding hydrogens is 420 g/mol. The van der Waals surface area contributed by atoms with Gasteiger partial charge in [0.25, 0.3) is 0 Å². The van der Waals surface area contributed by atoms with Gasteiger partial charge in [0.2, 0.25) is 0 Å². The number of methoxy groups -OCH3 is 1. The zero-order valence-corrected chi connectivity index (χ0v) is 18.8. The second kappa shape index (κ2) is 8.90.